The molecule has 0 saturated heterocycles. The Morgan fingerprint density at radius 3 is 2.65 bits per heavy atom. The number of imidazole rings is 1. The van der Waals surface area contributed by atoms with Crippen LogP contribution < -0.4 is 21.5 Å². The Morgan fingerprint density at radius 1 is 1.23 bits per heavy atom. The van der Waals surface area contributed by atoms with E-state index in [1.807, 2.05) is 6.92 Å². The summed E-state index contributed by atoms with van der Waals surface area (Å²) in [4.78, 5) is 45.8. The second kappa shape index (κ2) is 9.74. The van der Waals surface area contributed by atoms with Crippen molar-refractivity contribution in [3.8, 4) is 6.01 Å². The van der Waals surface area contributed by atoms with Crippen LogP contribution in [-0.2, 0) is 16.1 Å². The summed E-state index contributed by atoms with van der Waals surface area (Å²) < 4.78 is 6.96. The number of H-pyrrole nitrogens is 1. The molecule has 31 heavy (non-hydrogen) atoms. The van der Waals surface area contributed by atoms with Crippen molar-refractivity contribution in [2.24, 2.45) is 0 Å². The molecule has 0 fully saturated rings. The molecule has 2 aromatic heterocycles. The van der Waals surface area contributed by atoms with E-state index in [1.54, 1.807) is 24.3 Å². The Balaban J connectivity index is 1.76. The van der Waals surface area contributed by atoms with Crippen molar-refractivity contribution in [1.82, 2.24) is 19.5 Å². The van der Waals surface area contributed by atoms with Gasteiger partial charge in [0.2, 0.25) is 5.91 Å². The number of nitrogens with one attached hydrogen (secondary N) is 2. The first-order valence-corrected chi connectivity index (χ1v) is 9.86. The maximum atomic E-state index is 12.4. The van der Waals surface area contributed by atoms with Crippen LogP contribution in [0.4, 0.5) is 11.5 Å². The molecule has 1 amide bonds. The van der Waals surface area contributed by atoms with Gasteiger partial charge in [0.05, 0.1) is 19.6 Å². The molecule has 164 valence electrons. The summed E-state index contributed by atoms with van der Waals surface area (Å²) in [6.07, 6.45) is 1.47. The van der Waals surface area contributed by atoms with Crippen LogP contribution in [0.5, 0.6) is 6.01 Å². The fourth-order valence-corrected chi connectivity index (χ4v) is 2.87. The zero-order valence-electron chi connectivity index (χ0n) is 17.1. The lowest BCUT2D eigenvalue weighted by Gasteiger charge is -2.08. The number of rotatable bonds is 10. The van der Waals surface area contributed by atoms with Crippen molar-refractivity contribution in [2.45, 2.75) is 39.2 Å². The molecule has 3 aromatic rings. The molecule has 0 spiro atoms. The number of hydrogen-bond acceptors (Lipinski definition) is 7. The number of aliphatic carboxylic acids is 1. The van der Waals surface area contributed by atoms with Gasteiger partial charge < -0.3 is 25.9 Å². The number of hydrogen-bond donors (Lipinski definition) is 4. The molecule has 0 radical (unpaired) electrons. The second-order valence-corrected chi connectivity index (χ2v) is 6.95. The number of carboxylic acid groups (broad SMARTS) is 1. The van der Waals surface area contributed by atoms with Gasteiger partial charge in [0.25, 0.3) is 0 Å². The van der Waals surface area contributed by atoms with Crippen LogP contribution in [0.15, 0.2) is 29.1 Å². The smallest absolute Gasteiger partial charge is 0.328 e. The average molecular weight is 428 g/mol. The monoisotopic (exact) mass is 428 g/mol. The number of ether oxygens (including phenoxy) is 1. The van der Waals surface area contributed by atoms with E-state index in [1.165, 1.54) is 4.57 Å². The highest BCUT2D eigenvalue weighted by Gasteiger charge is 2.15. The highest BCUT2D eigenvalue weighted by molar-refractivity contribution is 5.92. The van der Waals surface area contributed by atoms with E-state index in [9.17, 15) is 14.4 Å². The van der Waals surface area contributed by atoms with Crippen LogP contribution in [0.25, 0.3) is 11.2 Å². The molecule has 2 heterocycles. The van der Waals surface area contributed by atoms with E-state index in [-0.39, 0.29) is 42.8 Å². The first-order chi connectivity index (χ1) is 14.9. The third-order valence-corrected chi connectivity index (χ3v) is 4.50. The van der Waals surface area contributed by atoms with Gasteiger partial charge in [-0.3, -0.25) is 14.2 Å². The van der Waals surface area contributed by atoms with E-state index in [0.717, 1.165) is 18.4 Å². The molecule has 0 aliphatic rings. The summed E-state index contributed by atoms with van der Waals surface area (Å²) in [6.45, 7) is 2.71. The average Bonchev–Trinajstić information content (AvgIpc) is 3.04. The lowest BCUT2D eigenvalue weighted by Crippen LogP contribution is -2.18. The Kier molecular flexibility index (Phi) is 6.85. The quantitative estimate of drug-likeness (QED) is 0.354. The number of nitrogen functional groups attached to an aromatic ring is 1. The minimum Gasteiger partial charge on any atom is -0.481 e. The van der Waals surface area contributed by atoms with Gasteiger partial charge in [0.1, 0.15) is 5.52 Å². The van der Waals surface area contributed by atoms with Crippen LogP contribution in [0, 0.1) is 0 Å². The van der Waals surface area contributed by atoms with Crippen LogP contribution >= 0.6 is 0 Å². The summed E-state index contributed by atoms with van der Waals surface area (Å²) in [5.74, 6) is -1.28. The number of fused-ring (bicyclic) bond motifs is 1. The molecule has 0 aliphatic heterocycles. The molecule has 5 N–H and O–H groups in total. The van der Waals surface area contributed by atoms with Gasteiger partial charge in [0, 0.05) is 12.1 Å². The summed E-state index contributed by atoms with van der Waals surface area (Å²) in [7, 11) is 0. The Morgan fingerprint density at radius 2 is 1.97 bits per heavy atom. The first-order valence-electron chi connectivity index (χ1n) is 9.86. The maximum Gasteiger partial charge on any atom is 0.328 e. The SMILES string of the molecule is CCCCOc1nc(N)c2[nH]c(=O)n(Cc3ccc(NC(=O)CCC(=O)O)cc3)c2n1. The molecule has 3 rings (SSSR count). The number of nitrogens with zero attached hydrogens (tertiary/aromatic N) is 3. The summed E-state index contributed by atoms with van der Waals surface area (Å²) in [5, 5.41) is 11.3. The molecule has 0 unspecified atom stereocenters. The maximum absolute atomic E-state index is 12.4. The Hall–Kier alpha value is -3.89. The zero-order chi connectivity index (χ0) is 22.4. The molecule has 1 aromatic carbocycles. The topological polar surface area (TPSA) is 165 Å². The van der Waals surface area contributed by atoms with Crippen molar-refractivity contribution in [1.29, 1.82) is 0 Å². The lowest BCUT2D eigenvalue weighted by molar-refractivity contribution is -0.138. The highest BCUT2D eigenvalue weighted by Crippen LogP contribution is 2.19. The van der Waals surface area contributed by atoms with Gasteiger partial charge >= 0.3 is 17.7 Å². The predicted molar refractivity (Wildman–Crippen MR) is 114 cm³/mol. The van der Waals surface area contributed by atoms with Gasteiger partial charge in [-0.2, -0.15) is 9.97 Å². The van der Waals surface area contributed by atoms with Crippen molar-refractivity contribution in [3.05, 3.63) is 40.3 Å². The summed E-state index contributed by atoms with van der Waals surface area (Å²) >= 11 is 0. The fraction of sp³-hybridized carbons (Fsp3) is 0.350. The zero-order valence-corrected chi connectivity index (χ0v) is 17.1. The second-order valence-electron chi connectivity index (χ2n) is 6.95. The molecule has 0 saturated carbocycles. The number of carbonyl (C=O) groups excluding carboxylic acids is 1. The van der Waals surface area contributed by atoms with Crippen LogP contribution in [0.2, 0.25) is 0 Å². The van der Waals surface area contributed by atoms with E-state index in [0.29, 0.717) is 23.5 Å². The van der Waals surface area contributed by atoms with E-state index in [4.69, 9.17) is 15.6 Å². The standard InChI is InChI=1S/C20H24N6O5/c1-2-3-10-31-19-24-17(21)16-18(25-19)26(20(30)23-16)11-12-4-6-13(7-5-12)22-14(27)8-9-15(28)29/h4-7H,2-3,8-11H2,1H3,(H,22,27)(H,23,30)(H,28,29)(H2,21,24,25). The molecule has 0 aliphatic carbocycles. The Labute approximate surface area is 177 Å². The van der Waals surface area contributed by atoms with Gasteiger partial charge in [0.15, 0.2) is 11.5 Å². The summed E-state index contributed by atoms with van der Waals surface area (Å²) in [5.41, 5.74) is 7.58. The number of aromatic nitrogens is 4. The predicted octanol–water partition coefficient (Wildman–Crippen LogP) is 1.73. The molecular weight excluding hydrogens is 404 g/mol. The third-order valence-electron chi connectivity index (χ3n) is 4.50. The number of unbranched alkanes of at least 4 members (excludes halogenated alkanes) is 1. The molecule has 11 nitrogen and oxygen atoms in total. The fourth-order valence-electron chi connectivity index (χ4n) is 2.87. The van der Waals surface area contributed by atoms with Gasteiger partial charge in [-0.25, -0.2) is 4.79 Å². The van der Waals surface area contributed by atoms with E-state index in [2.05, 4.69) is 20.3 Å². The molecule has 0 bridgehead atoms. The van der Waals surface area contributed by atoms with Crippen molar-refractivity contribution in [2.75, 3.05) is 17.7 Å². The van der Waals surface area contributed by atoms with Crippen molar-refractivity contribution >= 4 is 34.5 Å². The summed E-state index contributed by atoms with van der Waals surface area (Å²) in [6, 6.07) is 6.97. The van der Waals surface area contributed by atoms with E-state index >= 15 is 0 Å². The normalized spacial score (nSPS) is 10.9. The third kappa shape index (κ3) is 5.59. The first kappa shape index (κ1) is 21.8. The number of aromatic amines is 1. The largest absolute Gasteiger partial charge is 0.481 e. The molecule has 0 atom stereocenters. The highest BCUT2D eigenvalue weighted by atomic mass is 16.5. The number of amides is 1. The lowest BCUT2D eigenvalue weighted by atomic mass is 10.2. The number of anilines is 2. The molecular formula is C20H24N6O5. The van der Waals surface area contributed by atoms with Gasteiger partial charge in [-0.05, 0) is 24.1 Å². The number of benzene rings is 1. The van der Waals surface area contributed by atoms with Crippen LogP contribution in [-0.4, -0.2) is 43.1 Å². The minimum atomic E-state index is -1.03. The van der Waals surface area contributed by atoms with Crippen LogP contribution in [0.3, 0.4) is 0 Å². The molecule has 11 heteroatoms. The van der Waals surface area contributed by atoms with Gasteiger partial charge in [-0.1, -0.05) is 25.5 Å². The number of carboxylic acids is 1. The van der Waals surface area contributed by atoms with Crippen molar-refractivity contribution < 1.29 is 19.4 Å². The van der Waals surface area contributed by atoms with Crippen LogP contribution in [0.1, 0.15) is 38.2 Å². The number of carbonyl (C=O) groups is 2. The van der Waals surface area contributed by atoms with Gasteiger partial charge in [-0.15, -0.1) is 0 Å². The van der Waals surface area contributed by atoms with E-state index < -0.39 is 5.97 Å². The Bertz CT molecular complexity index is 1140. The van der Waals surface area contributed by atoms with Crippen molar-refractivity contribution in [3.63, 3.8) is 0 Å². The number of nitrogens with two attached hydrogens (primary N) is 1. The minimum absolute atomic E-state index is 0.106.